The van der Waals surface area contributed by atoms with E-state index in [-0.39, 0.29) is 17.1 Å². The molecule has 0 spiro atoms. The Balaban J connectivity index is 1.00. The van der Waals surface area contributed by atoms with Crippen LogP contribution in [0.15, 0.2) is 125 Å². The number of benzene rings is 5. The summed E-state index contributed by atoms with van der Waals surface area (Å²) in [5.41, 5.74) is 2.93. The first-order valence-corrected chi connectivity index (χ1v) is 19.9. The molecule has 11 nitrogen and oxygen atoms in total. The average molecular weight is 770 g/mol. The van der Waals surface area contributed by atoms with E-state index in [1.54, 1.807) is 48.2 Å². The van der Waals surface area contributed by atoms with Gasteiger partial charge in [-0.15, -0.1) is 11.8 Å². The molecule has 2 N–H and O–H groups in total. The molecule has 1 amide bonds. The maximum absolute atomic E-state index is 15.2. The minimum absolute atomic E-state index is 0.125. The highest BCUT2D eigenvalue weighted by molar-refractivity contribution is 7.99. The van der Waals surface area contributed by atoms with Gasteiger partial charge in [-0.25, -0.2) is 17.5 Å². The Labute approximate surface area is 318 Å². The number of hydrogen-bond acceptors (Lipinski definition) is 10. The Kier molecular flexibility index (Phi) is 12.5. The third-order valence-electron chi connectivity index (χ3n) is 8.90. The van der Waals surface area contributed by atoms with Gasteiger partial charge >= 0.3 is 0 Å². The van der Waals surface area contributed by atoms with Crippen LogP contribution in [0.4, 0.5) is 21.5 Å². The molecule has 14 heteroatoms. The maximum atomic E-state index is 15.2. The maximum Gasteiger partial charge on any atom is 0.293 e. The van der Waals surface area contributed by atoms with E-state index in [1.807, 2.05) is 72.3 Å². The molecule has 5 aromatic rings. The molecule has 54 heavy (non-hydrogen) atoms. The van der Waals surface area contributed by atoms with E-state index in [9.17, 15) is 23.3 Å². The van der Waals surface area contributed by atoms with Crippen LogP contribution < -0.4 is 19.7 Å². The SMILES string of the molecule is CCOc1cccc(-c2ccc(CN3CCN(c4ccc(C(=O)NS(=O)(=O)c5ccc(NCCSc6ccccc6)c([N+](=O)[O-])c5)cc4)CC3)cc2F)c1. The number of halogens is 1. The van der Waals surface area contributed by atoms with Crippen LogP contribution in [0.2, 0.25) is 0 Å². The van der Waals surface area contributed by atoms with Crippen LogP contribution in [0.3, 0.4) is 0 Å². The molecular formula is C40H40FN5O6S2. The van der Waals surface area contributed by atoms with E-state index in [4.69, 9.17) is 4.74 Å². The van der Waals surface area contributed by atoms with Gasteiger partial charge in [0.2, 0.25) is 0 Å². The number of hydrogen-bond donors (Lipinski definition) is 2. The Morgan fingerprint density at radius 3 is 2.37 bits per heavy atom. The number of thioether (sulfide) groups is 1. The van der Waals surface area contributed by atoms with Crippen molar-refractivity contribution in [3.8, 4) is 16.9 Å². The molecule has 1 saturated heterocycles. The molecule has 0 aliphatic carbocycles. The van der Waals surface area contributed by atoms with Gasteiger partial charge in [0.15, 0.2) is 0 Å². The van der Waals surface area contributed by atoms with Crippen LogP contribution in [0.25, 0.3) is 11.1 Å². The molecule has 0 atom stereocenters. The standard InChI is InChI=1S/C40H40FN5O6S2/c1-2-52-33-8-6-7-31(26-33)36-17-11-29(25-37(36)41)28-44-20-22-45(23-21-44)32-14-12-30(13-15-32)40(47)43-54(50,51)35-16-18-38(39(27-35)46(48)49)42-19-24-53-34-9-4-3-5-10-34/h3-18,25-27,42H,2,19-24,28H2,1H3,(H,43,47). The van der Waals surface area contributed by atoms with Gasteiger partial charge in [0.05, 0.1) is 16.4 Å². The van der Waals surface area contributed by atoms with Crippen molar-refractivity contribution in [1.82, 2.24) is 9.62 Å². The van der Waals surface area contributed by atoms with Gasteiger partial charge in [-0.3, -0.25) is 19.8 Å². The number of anilines is 2. The highest BCUT2D eigenvalue weighted by Crippen LogP contribution is 2.30. The lowest BCUT2D eigenvalue weighted by Gasteiger charge is -2.36. The fourth-order valence-electron chi connectivity index (χ4n) is 6.15. The van der Waals surface area contributed by atoms with E-state index in [1.165, 1.54) is 12.1 Å². The molecular weight excluding hydrogens is 730 g/mol. The van der Waals surface area contributed by atoms with Crippen molar-refractivity contribution in [2.24, 2.45) is 0 Å². The highest BCUT2D eigenvalue weighted by Gasteiger charge is 2.24. The lowest BCUT2D eigenvalue weighted by molar-refractivity contribution is -0.384. The van der Waals surface area contributed by atoms with Gasteiger partial charge in [0.25, 0.3) is 21.6 Å². The molecule has 0 radical (unpaired) electrons. The molecule has 1 heterocycles. The summed E-state index contributed by atoms with van der Waals surface area (Å²) in [7, 11) is -4.41. The summed E-state index contributed by atoms with van der Waals surface area (Å²) < 4.78 is 49.0. The normalized spacial score (nSPS) is 13.3. The number of nitrogens with one attached hydrogen (secondary N) is 2. The minimum Gasteiger partial charge on any atom is -0.494 e. The summed E-state index contributed by atoms with van der Waals surface area (Å²) in [5.74, 6) is 0.201. The van der Waals surface area contributed by atoms with Crippen LogP contribution in [-0.2, 0) is 16.6 Å². The van der Waals surface area contributed by atoms with E-state index < -0.39 is 31.4 Å². The van der Waals surface area contributed by atoms with Crippen molar-refractivity contribution >= 4 is 44.8 Å². The minimum atomic E-state index is -4.41. The van der Waals surface area contributed by atoms with Crippen molar-refractivity contribution in [1.29, 1.82) is 0 Å². The predicted molar refractivity (Wildman–Crippen MR) is 210 cm³/mol. The third-order valence-corrected chi connectivity index (χ3v) is 11.2. The number of piperazine rings is 1. The molecule has 1 aliphatic heterocycles. The van der Waals surface area contributed by atoms with Crippen LogP contribution >= 0.6 is 11.8 Å². The quantitative estimate of drug-likeness (QED) is 0.0479. The van der Waals surface area contributed by atoms with E-state index in [2.05, 4.69) is 15.1 Å². The zero-order valence-corrected chi connectivity index (χ0v) is 31.2. The summed E-state index contributed by atoms with van der Waals surface area (Å²) in [6, 6.07) is 32.6. The number of sulfonamides is 1. The second kappa shape index (κ2) is 17.6. The second-order valence-electron chi connectivity index (χ2n) is 12.5. The molecule has 5 aromatic carbocycles. The molecule has 1 fully saturated rings. The Morgan fingerprint density at radius 2 is 1.67 bits per heavy atom. The Bertz CT molecular complexity index is 2200. The first-order valence-electron chi connectivity index (χ1n) is 17.5. The largest absolute Gasteiger partial charge is 0.494 e. The van der Waals surface area contributed by atoms with Gasteiger partial charge in [-0.1, -0.05) is 42.5 Å². The first kappa shape index (κ1) is 38.3. The van der Waals surface area contributed by atoms with Crippen molar-refractivity contribution in [3.63, 3.8) is 0 Å². The van der Waals surface area contributed by atoms with Crippen molar-refractivity contribution < 1.29 is 27.3 Å². The lowest BCUT2D eigenvalue weighted by atomic mass is 10.0. The van der Waals surface area contributed by atoms with Crippen molar-refractivity contribution in [2.45, 2.75) is 23.3 Å². The number of amides is 1. The number of nitro groups is 1. The smallest absolute Gasteiger partial charge is 0.293 e. The molecule has 0 aromatic heterocycles. The fraction of sp³-hybridized carbons (Fsp3) is 0.225. The summed E-state index contributed by atoms with van der Waals surface area (Å²) in [6.07, 6.45) is 0. The Hall–Kier alpha value is -5.44. The topological polar surface area (TPSA) is 134 Å². The van der Waals surface area contributed by atoms with Crippen molar-refractivity contribution in [2.75, 3.05) is 55.3 Å². The van der Waals surface area contributed by atoms with Crippen molar-refractivity contribution in [3.05, 3.63) is 142 Å². The zero-order valence-electron chi connectivity index (χ0n) is 29.6. The molecule has 0 unspecified atom stereocenters. The number of nitro benzene ring substituents is 1. The zero-order chi connectivity index (χ0) is 38.1. The van der Waals surface area contributed by atoms with Gasteiger partial charge in [0, 0.05) is 72.8 Å². The van der Waals surface area contributed by atoms with Crippen LogP contribution in [0, 0.1) is 15.9 Å². The first-order chi connectivity index (χ1) is 26.1. The van der Waals surface area contributed by atoms with Gasteiger partial charge in [-0.05, 0) is 84.8 Å². The summed E-state index contributed by atoms with van der Waals surface area (Å²) in [4.78, 5) is 29.2. The molecule has 6 rings (SSSR count). The van der Waals surface area contributed by atoms with Gasteiger partial charge < -0.3 is 15.0 Å². The van der Waals surface area contributed by atoms with Crippen LogP contribution in [-0.4, -0.2) is 69.2 Å². The van der Waals surface area contributed by atoms with E-state index >= 15 is 4.39 Å². The fourth-order valence-corrected chi connectivity index (χ4v) is 7.93. The summed E-state index contributed by atoms with van der Waals surface area (Å²) >= 11 is 1.58. The number of carbonyl (C=O) groups is 1. The van der Waals surface area contributed by atoms with Gasteiger partial charge in [-0.2, -0.15) is 0 Å². The highest BCUT2D eigenvalue weighted by atomic mass is 32.2. The number of rotatable bonds is 15. The predicted octanol–water partition coefficient (Wildman–Crippen LogP) is 7.44. The second-order valence-corrected chi connectivity index (χ2v) is 15.4. The Morgan fingerprint density at radius 1 is 0.907 bits per heavy atom. The number of ether oxygens (including phenoxy) is 1. The summed E-state index contributed by atoms with van der Waals surface area (Å²) in [6.45, 7) is 6.37. The van der Waals surface area contributed by atoms with Crippen LogP contribution in [0.5, 0.6) is 5.75 Å². The number of carbonyl (C=O) groups excluding carboxylic acids is 1. The van der Waals surface area contributed by atoms with E-state index in [0.29, 0.717) is 49.9 Å². The number of nitrogens with zero attached hydrogens (tertiary/aromatic N) is 3. The lowest BCUT2D eigenvalue weighted by Crippen LogP contribution is -2.46. The molecule has 280 valence electrons. The van der Waals surface area contributed by atoms with E-state index in [0.717, 1.165) is 40.9 Å². The van der Waals surface area contributed by atoms with Gasteiger partial charge in [0.1, 0.15) is 17.3 Å². The summed E-state index contributed by atoms with van der Waals surface area (Å²) in [5, 5.41) is 14.8. The molecule has 1 aliphatic rings. The van der Waals surface area contributed by atoms with Crippen LogP contribution in [0.1, 0.15) is 22.8 Å². The molecule has 0 saturated carbocycles. The monoisotopic (exact) mass is 769 g/mol. The third kappa shape index (κ3) is 9.75. The molecule has 0 bridgehead atoms. The average Bonchev–Trinajstić information content (AvgIpc) is 3.17.